The van der Waals surface area contributed by atoms with Gasteiger partial charge in [-0.2, -0.15) is 0 Å². The molecule has 3 aliphatic carbocycles. The van der Waals surface area contributed by atoms with E-state index in [9.17, 15) is 9.59 Å². The SMILES string of the molecule is COC(=O)[C@@]12[C@@H]3[C@H](C)[C@H]4CO[C@@](OC)(C(=O)[C@@H]31)[C@H]42. The predicted octanol–water partition coefficient (Wildman–Crippen LogP) is 0.229. The standard InChI is InChI=1S/C13H16O5/c1-5-6-4-18-13(17-3)9(6)12(11(15)16-2)7(5)8(12)10(13)14/h5-9H,4H2,1-3H3/t5-,6-,7-,8-,9-,12+,13-/m1/s1. The van der Waals surface area contributed by atoms with E-state index in [0.717, 1.165) is 0 Å². The van der Waals surface area contributed by atoms with Gasteiger partial charge in [-0.25, -0.2) is 0 Å². The van der Waals surface area contributed by atoms with Gasteiger partial charge < -0.3 is 14.2 Å². The molecule has 0 unspecified atom stereocenters. The van der Waals surface area contributed by atoms with Crippen LogP contribution in [0.25, 0.3) is 0 Å². The smallest absolute Gasteiger partial charge is 0.313 e. The number of carbonyl (C=O) groups excluding carboxylic acids is 2. The largest absolute Gasteiger partial charge is 0.469 e. The molecule has 98 valence electrons. The molecule has 3 saturated carbocycles. The molecular formula is C13H16O5. The summed E-state index contributed by atoms with van der Waals surface area (Å²) >= 11 is 0. The summed E-state index contributed by atoms with van der Waals surface area (Å²) in [5.41, 5.74) is -0.650. The van der Waals surface area contributed by atoms with Crippen LogP contribution in [0.15, 0.2) is 0 Å². The highest BCUT2D eigenvalue weighted by molar-refractivity contribution is 6.05. The molecule has 4 rings (SSSR count). The first-order valence-electron chi connectivity index (χ1n) is 6.39. The van der Waals surface area contributed by atoms with Crippen molar-refractivity contribution in [1.29, 1.82) is 0 Å². The molecular weight excluding hydrogens is 236 g/mol. The molecule has 1 heterocycles. The van der Waals surface area contributed by atoms with Gasteiger partial charge in [0.1, 0.15) is 0 Å². The molecule has 0 amide bonds. The zero-order valence-electron chi connectivity index (χ0n) is 10.6. The second-order valence-electron chi connectivity index (χ2n) is 5.98. The van der Waals surface area contributed by atoms with Crippen molar-refractivity contribution in [3.8, 4) is 0 Å². The Balaban J connectivity index is 1.91. The third-order valence-electron chi connectivity index (χ3n) is 5.87. The highest BCUT2D eigenvalue weighted by atomic mass is 16.7. The van der Waals surface area contributed by atoms with E-state index < -0.39 is 11.2 Å². The summed E-state index contributed by atoms with van der Waals surface area (Å²) in [6.07, 6.45) is 0. The lowest BCUT2D eigenvalue weighted by Gasteiger charge is -2.29. The summed E-state index contributed by atoms with van der Waals surface area (Å²) in [5.74, 6) is -1.18. The van der Waals surface area contributed by atoms with E-state index in [-0.39, 0.29) is 35.4 Å². The number of hydrogen-bond acceptors (Lipinski definition) is 5. The second-order valence-corrected chi connectivity index (χ2v) is 5.98. The first kappa shape index (κ1) is 10.9. The Morgan fingerprint density at radius 1 is 1.44 bits per heavy atom. The highest BCUT2D eigenvalue weighted by Gasteiger charge is 2.95. The van der Waals surface area contributed by atoms with Gasteiger partial charge in [-0.1, -0.05) is 6.92 Å². The summed E-state index contributed by atoms with van der Waals surface area (Å²) in [7, 11) is 2.88. The van der Waals surface area contributed by atoms with Crippen molar-refractivity contribution >= 4 is 11.8 Å². The van der Waals surface area contributed by atoms with Gasteiger partial charge in [0, 0.05) is 18.9 Å². The molecule has 0 aromatic carbocycles. The molecule has 5 nitrogen and oxygen atoms in total. The number of ketones is 1. The fourth-order valence-corrected chi connectivity index (χ4v) is 5.33. The Morgan fingerprint density at radius 3 is 2.78 bits per heavy atom. The van der Waals surface area contributed by atoms with E-state index in [1.807, 2.05) is 0 Å². The van der Waals surface area contributed by atoms with E-state index in [0.29, 0.717) is 12.5 Å². The summed E-state index contributed by atoms with van der Waals surface area (Å²) < 4.78 is 16.1. The lowest BCUT2D eigenvalue weighted by Crippen LogP contribution is -2.45. The number of rotatable bonds is 2. The summed E-state index contributed by atoms with van der Waals surface area (Å²) in [5, 5.41) is 0. The van der Waals surface area contributed by atoms with Crippen LogP contribution in [0.5, 0.6) is 0 Å². The number of hydrogen-bond donors (Lipinski definition) is 0. The van der Waals surface area contributed by atoms with Crippen molar-refractivity contribution in [3.63, 3.8) is 0 Å². The third kappa shape index (κ3) is 0.725. The fraction of sp³-hybridized carbons (Fsp3) is 0.846. The lowest BCUT2D eigenvalue weighted by atomic mass is 9.82. The molecule has 0 spiro atoms. The van der Waals surface area contributed by atoms with Crippen LogP contribution >= 0.6 is 0 Å². The Labute approximate surface area is 105 Å². The summed E-state index contributed by atoms with van der Waals surface area (Å²) in [6, 6.07) is 0. The molecule has 0 aromatic heterocycles. The van der Waals surface area contributed by atoms with Crippen molar-refractivity contribution in [2.24, 2.45) is 35.0 Å². The van der Waals surface area contributed by atoms with Gasteiger partial charge in [-0.05, 0) is 17.8 Å². The molecule has 0 aromatic rings. The van der Waals surface area contributed by atoms with Gasteiger partial charge in [-0.3, -0.25) is 9.59 Å². The third-order valence-corrected chi connectivity index (χ3v) is 5.87. The monoisotopic (exact) mass is 252 g/mol. The number of ether oxygens (including phenoxy) is 3. The lowest BCUT2D eigenvalue weighted by molar-refractivity contribution is -0.212. The maximum Gasteiger partial charge on any atom is 0.313 e. The van der Waals surface area contributed by atoms with Crippen molar-refractivity contribution in [2.75, 3.05) is 20.8 Å². The van der Waals surface area contributed by atoms with Gasteiger partial charge in [0.25, 0.3) is 0 Å². The molecule has 0 bridgehead atoms. The normalized spacial score (nSPS) is 58.8. The van der Waals surface area contributed by atoms with Crippen LogP contribution in [0.1, 0.15) is 6.92 Å². The number of esters is 1. The molecule has 4 fully saturated rings. The quantitative estimate of drug-likeness (QED) is 0.658. The molecule has 18 heavy (non-hydrogen) atoms. The van der Waals surface area contributed by atoms with Crippen LogP contribution in [0, 0.1) is 35.0 Å². The first-order chi connectivity index (χ1) is 8.57. The summed E-state index contributed by atoms with van der Waals surface area (Å²) in [4.78, 5) is 24.8. The Kier molecular flexibility index (Phi) is 1.70. The van der Waals surface area contributed by atoms with E-state index in [2.05, 4.69) is 6.92 Å². The van der Waals surface area contributed by atoms with Crippen LogP contribution in [-0.2, 0) is 23.8 Å². The minimum atomic E-state index is -1.18. The highest BCUT2D eigenvalue weighted by Crippen LogP contribution is 2.84. The van der Waals surface area contributed by atoms with Crippen molar-refractivity contribution in [1.82, 2.24) is 0 Å². The minimum absolute atomic E-state index is 0.0442. The van der Waals surface area contributed by atoms with Crippen LogP contribution in [0.3, 0.4) is 0 Å². The molecule has 1 aliphatic heterocycles. The predicted molar refractivity (Wildman–Crippen MR) is 58.3 cm³/mol. The number of fused-ring (bicyclic) bond motifs is 1. The van der Waals surface area contributed by atoms with Gasteiger partial charge in [0.15, 0.2) is 5.78 Å². The van der Waals surface area contributed by atoms with Crippen LogP contribution < -0.4 is 0 Å². The number of methoxy groups -OCH3 is 2. The van der Waals surface area contributed by atoms with Crippen LogP contribution in [0.2, 0.25) is 0 Å². The van der Waals surface area contributed by atoms with Crippen molar-refractivity contribution in [3.05, 3.63) is 0 Å². The maximum absolute atomic E-state index is 12.5. The second kappa shape index (κ2) is 2.80. The number of carbonyl (C=O) groups is 2. The Bertz CT molecular complexity index is 474. The minimum Gasteiger partial charge on any atom is -0.469 e. The van der Waals surface area contributed by atoms with Crippen molar-refractivity contribution < 1.29 is 23.8 Å². The van der Waals surface area contributed by atoms with Crippen LogP contribution in [0.4, 0.5) is 0 Å². The van der Waals surface area contributed by atoms with E-state index >= 15 is 0 Å². The summed E-state index contributed by atoms with van der Waals surface area (Å²) in [6.45, 7) is 2.62. The van der Waals surface area contributed by atoms with Crippen LogP contribution in [-0.4, -0.2) is 38.4 Å². The van der Waals surface area contributed by atoms with E-state index in [1.165, 1.54) is 14.2 Å². The van der Waals surface area contributed by atoms with Gasteiger partial charge >= 0.3 is 5.97 Å². The van der Waals surface area contributed by atoms with E-state index in [1.54, 1.807) is 0 Å². The molecule has 0 N–H and O–H groups in total. The van der Waals surface area contributed by atoms with Gasteiger partial charge in [0.2, 0.25) is 5.79 Å². The van der Waals surface area contributed by atoms with Gasteiger partial charge in [-0.15, -0.1) is 0 Å². The molecule has 4 aliphatic rings. The average molecular weight is 252 g/mol. The molecule has 0 radical (unpaired) electrons. The maximum atomic E-state index is 12.5. The first-order valence-corrected chi connectivity index (χ1v) is 6.39. The Morgan fingerprint density at radius 2 is 2.17 bits per heavy atom. The Hall–Kier alpha value is -0.940. The fourth-order valence-electron chi connectivity index (χ4n) is 5.33. The molecule has 1 saturated heterocycles. The molecule has 5 heteroatoms. The number of Topliss-reactive ketones (excluding diaryl/α,β-unsaturated/α-hetero) is 1. The zero-order valence-corrected chi connectivity index (χ0v) is 10.6. The molecule has 7 atom stereocenters. The van der Waals surface area contributed by atoms with E-state index in [4.69, 9.17) is 14.2 Å². The van der Waals surface area contributed by atoms with Crippen molar-refractivity contribution in [2.45, 2.75) is 12.7 Å². The topological polar surface area (TPSA) is 61.8 Å². The zero-order chi connectivity index (χ0) is 12.9. The average Bonchev–Trinajstić information content (AvgIpc) is 2.67. The van der Waals surface area contributed by atoms with Gasteiger partial charge in [0.05, 0.1) is 19.1 Å².